The summed E-state index contributed by atoms with van der Waals surface area (Å²) in [5.41, 5.74) is 1.34. The molecule has 2 aromatic carbocycles. The van der Waals surface area contributed by atoms with Crippen LogP contribution < -0.4 is 15.9 Å². The summed E-state index contributed by atoms with van der Waals surface area (Å²) in [7, 11) is -0.573. The smallest absolute Gasteiger partial charge is 0.378 e. The van der Waals surface area contributed by atoms with Crippen molar-refractivity contribution in [1.29, 1.82) is 0 Å². The molecule has 0 radical (unpaired) electrons. The lowest BCUT2D eigenvalue weighted by atomic mass is 10.0. The van der Waals surface area contributed by atoms with Gasteiger partial charge in [0.2, 0.25) is 0 Å². The second-order valence-electron chi connectivity index (χ2n) is 10.2. The van der Waals surface area contributed by atoms with Gasteiger partial charge in [0.15, 0.2) is 0 Å². The van der Waals surface area contributed by atoms with Gasteiger partial charge in [-0.05, 0) is 75.0 Å². The molecule has 0 amide bonds. The summed E-state index contributed by atoms with van der Waals surface area (Å²) >= 11 is 7.50. The van der Waals surface area contributed by atoms with Crippen LogP contribution in [-0.4, -0.2) is 63.3 Å². The summed E-state index contributed by atoms with van der Waals surface area (Å²) in [6, 6.07) is 9.83. The van der Waals surface area contributed by atoms with Crippen molar-refractivity contribution in [2.24, 2.45) is 0 Å². The number of rotatable bonds is 6. The third-order valence-electron chi connectivity index (χ3n) is 6.66. The molecule has 0 saturated carbocycles. The molecule has 0 aliphatic carbocycles. The molecule has 1 fully saturated rings. The van der Waals surface area contributed by atoms with Gasteiger partial charge in [-0.1, -0.05) is 35.6 Å². The standard InChI is InChI=1S/C28H31ClF4N3OPS/c1-36-14-6-9-24(22(30)17-36)35-25-8-4-7-19-20(16-28(31,32)33)26(39-27(19)25)10-5-13-34-23-12-11-18(15-21(23)29)38(2,3)37/h4,7-8,11-12,15,22,24,34-35H,6,9,13-14,16-17H2,1-3H3. The minimum atomic E-state index is -4.41. The van der Waals surface area contributed by atoms with Crippen LogP contribution in [0.15, 0.2) is 36.4 Å². The van der Waals surface area contributed by atoms with Crippen LogP contribution in [0.4, 0.5) is 28.9 Å². The number of nitrogens with one attached hydrogen (secondary N) is 2. The average Bonchev–Trinajstić information content (AvgIpc) is 3.08. The van der Waals surface area contributed by atoms with Gasteiger partial charge in [0, 0.05) is 11.8 Å². The Labute approximate surface area is 235 Å². The number of alkyl halides is 4. The summed E-state index contributed by atoms with van der Waals surface area (Å²) < 4.78 is 68.4. The molecule has 11 heteroatoms. The number of hydrogen-bond acceptors (Lipinski definition) is 5. The topological polar surface area (TPSA) is 44.4 Å². The van der Waals surface area contributed by atoms with Crippen molar-refractivity contribution < 1.29 is 22.1 Å². The molecule has 2 atom stereocenters. The maximum Gasteiger partial charge on any atom is 0.393 e. The van der Waals surface area contributed by atoms with Crippen molar-refractivity contribution in [3.8, 4) is 11.8 Å². The van der Waals surface area contributed by atoms with Crippen LogP contribution >= 0.6 is 30.1 Å². The van der Waals surface area contributed by atoms with Crippen molar-refractivity contribution in [2.75, 3.05) is 50.6 Å². The number of anilines is 2. The highest BCUT2D eigenvalue weighted by molar-refractivity contribution is 7.70. The number of hydrogen-bond donors (Lipinski definition) is 2. The summed E-state index contributed by atoms with van der Waals surface area (Å²) in [6.45, 7) is 4.58. The molecule has 2 N–H and O–H groups in total. The van der Waals surface area contributed by atoms with Gasteiger partial charge in [-0.15, -0.1) is 11.3 Å². The fourth-order valence-corrected chi connectivity index (χ4v) is 7.02. The molecule has 3 aromatic rings. The molecular weight excluding hydrogens is 569 g/mol. The van der Waals surface area contributed by atoms with Crippen LogP contribution in [-0.2, 0) is 11.0 Å². The van der Waals surface area contributed by atoms with Crippen LogP contribution in [0.3, 0.4) is 0 Å². The largest absolute Gasteiger partial charge is 0.393 e. The second-order valence-corrected chi connectivity index (χ2v) is 14.9. The van der Waals surface area contributed by atoms with E-state index in [4.69, 9.17) is 11.6 Å². The maximum atomic E-state index is 14.9. The lowest BCUT2D eigenvalue weighted by Crippen LogP contribution is -2.35. The fraction of sp³-hybridized carbons (Fsp3) is 0.429. The highest BCUT2D eigenvalue weighted by Gasteiger charge is 2.32. The van der Waals surface area contributed by atoms with Gasteiger partial charge in [0.1, 0.15) is 13.3 Å². The van der Waals surface area contributed by atoms with Crippen molar-refractivity contribution in [3.63, 3.8) is 0 Å². The fourth-order valence-electron chi connectivity index (χ4n) is 4.65. The molecule has 0 spiro atoms. The Hall–Kier alpha value is -2.24. The molecule has 1 aromatic heterocycles. The van der Waals surface area contributed by atoms with Crippen LogP contribution in [0, 0.1) is 11.8 Å². The van der Waals surface area contributed by atoms with Gasteiger partial charge in [-0.2, -0.15) is 13.2 Å². The highest BCUT2D eigenvalue weighted by Crippen LogP contribution is 2.40. The van der Waals surface area contributed by atoms with E-state index in [1.807, 2.05) is 11.9 Å². The van der Waals surface area contributed by atoms with Crippen LogP contribution in [0.5, 0.6) is 0 Å². The van der Waals surface area contributed by atoms with Crippen molar-refractivity contribution >= 4 is 56.8 Å². The van der Waals surface area contributed by atoms with E-state index in [1.165, 1.54) is 11.3 Å². The minimum Gasteiger partial charge on any atom is -0.378 e. The maximum absolute atomic E-state index is 14.9. The predicted molar refractivity (Wildman–Crippen MR) is 157 cm³/mol. The number of thiophene rings is 1. The first kappa shape index (κ1) is 29.7. The van der Waals surface area contributed by atoms with E-state index in [-0.39, 0.29) is 12.1 Å². The second kappa shape index (κ2) is 12.1. The van der Waals surface area contributed by atoms with E-state index in [2.05, 4.69) is 22.5 Å². The lowest BCUT2D eigenvalue weighted by Gasteiger charge is -2.22. The third-order valence-corrected chi connectivity index (χ3v) is 9.69. The van der Waals surface area contributed by atoms with Gasteiger partial charge in [-0.25, -0.2) is 4.39 Å². The first-order valence-electron chi connectivity index (χ1n) is 12.6. The van der Waals surface area contributed by atoms with E-state index < -0.39 is 32.0 Å². The molecule has 1 aliphatic rings. The summed E-state index contributed by atoms with van der Waals surface area (Å²) in [5.74, 6) is 5.83. The summed E-state index contributed by atoms with van der Waals surface area (Å²) in [5, 5.41) is 7.88. The molecular formula is C28H31ClF4N3OPS. The molecule has 4 rings (SSSR count). The Morgan fingerprint density at radius 2 is 1.97 bits per heavy atom. The van der Waals surface area contributed by atoms with E-state index >= 15 is 0 Å². The van der Waals surface area contributed by atoms with Gasteiger partial charge in [0.05, 0.1) is 45.0 Å². The average molecular weight is 600 g/mol. The molecule has 1 aliphatic heterocycles. The van der Waals surface area contributed by atoms with E-state index in [9.17, 15) is 22.1 Å². The van der Waals surface area contributed by atoms with Gasteiger partial charge < -0.3 is 20.1 Å². The molecule has 2 unspecified atom stereocenters. The quantitative estimate of drug-likeness (QED) is 0.178. The number of halogens is 5. The zero-order chi connectivity index (χ0) is 28.4. The first-order valence-corrected chi connectivity index (χ1v) is 16.4. The zero-order valence-corrected chi connectivity index (χ0v) is 24.4. The molecule has 210 valence electrons. The molecule has 1 saturated heterocycles. The SMILES string of the molecule is CN1CCCC(Nc2cccc3c(CC(F)(F)F)c(C#CCNc4ccc(P(C)(C)=O)cc4Cl)sc23)C(F)C1. The van der Waals surface area contributed by atoms with Crippen molar-refractivity contribution in [3.05, 3.63) is 51.9 Å². The van der Waals surface area contributed by atoms with E-state index in [0.29, 0.717) is 49.6 Å². The van der Waals surface area contributed by atoms with E-state index in [1.54, 1.807) is 49.7 Å². The zero-order valence-electron chi connectivity index (χ0n) is 22.0. The van der Waals surface area contributed by atoms with Crippen LogP contribution in [0.2, 0.25) is 5.02 Å². The Balaban J connectivity index is 1.60. The monoisotopic (exact) mass is 599 g/mol. The number of fused-ring (bicyclic) bond motifs is 1. The number of benzene rings is 2. The number of nitrogens with zero attached hydrogens (tertiary/aromatic N) is 1. The van der Waals surface area contributed by atoms with Crippen molar-refractivity contribution in [1.82, 2.24) is 4.90 Å². The van der Waals surface area contributed by atoms with Crippen LogP contribution in [0.1, 0.15) is 23.3 Å². The molecule has 39 heavy (non-hydrogen) atoms. The molecule has 2 heterocycles. The van der Waals surface area contributed by atoms with Gasteiger partial charge in [-0.3, -0.25) is 0 Å². The Morgan fingerprint density at radius 1 is 1.21 bits per heavy atom. The third kappa shape index (κ3) is 7.70. The number of likely N-dealkylation sites (tertiary alicyclic amines) is 1. The molecule has 4 nitrogen and oxygen atoms in total. The highest BCUT2D eigenvalue weighted by atomic mass is 35.5. The lowest BCUT2D eigenvalue weighted by molar-refractivity contribution is -0.126. The predicted octanol–water partition coefficient (Wildman–Crippen LogP) is 7.22. The summed E-state index contributed by atoms with van der Waals surface area (Å²) in [4.78, 5) is 2.28. The minimum absolute atomic E-state index is 0.125. The van der Waals surface area contributed by atoms with Gasteiger partial charge >= 0.3 is 6.18 Å². The molecule has 0 bridgehead atoms. The Bertz CT molecular complexity index is 1440. The summed E-state index contributed by atoms with van der Waals surface area (Å²) in [6.07, 6.45) is -5.13. The van der Waals surface area contributed by atoms with Gasteiger partial charge in [0.25, 0.3) is 0 Å². The van der Waals surface area contributed by atoms with E-state index in [0.717, 1.165) is 13.0 Å². The first-order chi connectivity index (χ1) is 18.3. The normalized spacial score (nSPS) is 18.9. The Morgan fingerprint density at radius 3 is 2.67 bits per heavy atom. The Kier molecular flexibility index (Phi) is 9.22. The van der Waals surface area contributed by atoms with Crippen molar-refractivity contribution in [2.45, 2.75) is 37.7 Å². The van der Waals surface area contributed by atoms with Crippen LogP contribution in [0.25, 0.3) is 10.1 Å².